The van der Waals surface area contributed by atoms with Crippen LogP contribution in [-0.4, -0.2) is 9.55 Å². The second kappa shape index (κ2) is 5.03. The van der Waals surface area contributed by atoms with Crippen molar-refractivity contribution in [1.82, 2.24) is 9.55 Å². The monoisotopic (exact) mass is 237 g/mol. The van der Waals surface area contributed by atoms with Gasteiger partial charge >= 0.3 is 0 Å². The summed E-state index contributed by atoms with van der Waals surface area (Å²) < 4.78 is 1.92. The predicted molar refractivity (Wildman–Crippen MR) is 66.4 cm³/mol. The molecule has 0 amide bonds. The van der Waals surface area contributed by atoms with Crippen LogP contribution < -0.4 is 5.32 Å². The number of anilines is 1. The minimum atomic E-state index is 0.382. The molecule has 1 heterocycles. The van der Waals surface area contributed by atoms with Gasteiger partial charge in [0.25, 0.3) is 0 Å². The number of hydrogen-bond donors (Lipinski definition) is 1. The van der Waals surface area contributed by atoms with Crippen molar-refractivity contribution in [2.24, 2.45) is 7.05 Å². The fourth-order valence-electron chi connectivity index (χ4n) is 1.59. The maximum Gasteiger partial charge on any atom is 0.101 e. The SMILES string of the molecule is Cn1cncc1CNc1ccc(C#N)c(C#N)c1. The van der Waals surface area contributed by atoms with Gasteiger partial charge in [0.1, 0.15) is 12.1 Å². The number of rotatable bonds is 3. The highest BCUT2D eigenvalue weighted by Crippen LogP contribution is 2.15. The highest BCUT2D eigenvalue weighted by Gasteiger charge is 2.03. The Kier molecular flexibility index (Phi) is 3.26. The third kappa shape index (κ3) is 2.31. The number of nitriles is 2. The van der Waals surface area contributed by atoms with Crippen LogP contribution in [0.2, 0.25) is 0 Å². The Morgan fingerprint density at radius 3 is 2.67 bits per heavy atom. The summed E-state index contributed by atoms with van der Waals surface area (Å²) in [6.45, 7) is 0.618. The van der Waals surface area contributed by atoms with Crippen molar-refractivity contribution >= 4 is 5.69 Å². The molecule has 2 aromatic rings. The van der Waals surface area contributed by atoms with Gasteiger partial charge in [-0.05, 0) is 18.2 Å². The Morgan fingerprint density at radius 1 is 1.28 bits per heavy atom. The van der Waals surface area contributed by atoms with Crippen LogP contribution in [-0.2, 0) is 13.6 Å². The molecule has 0 aliphatic carbocycles. The predicted octanol–water partition coefficient (Wildman–Crippen LogP) is 1.78. The van der Waals surface area contributed by atoms with E-state index in [9.17, 15) is 0 Å². The maximum atomic E-state index is 8.93. The highest BCUT2D eigenvalue weighted by atomic mass is 15.0. The van der Waals surface area contributed by atoms with Crippen LogP contribution in [0.15, 0.2) is 30.7 Å². The summed E-state index contributed by atoms with van der Waals surface area (Å²) in [5, 5.41) is 20.9. The number of nitrogens with one attached hydrogen (secondary N) is 1. The average Bonchev–Trinajstić information content (AvgIpc) is 2.81. The average molecular weight is 237 g/mol. The summed E-state index contributed by atoms with van der Waals surface area (Å²) in [5.74, 6) is 0. The third-order valence-corrected chi connectivity index (χ3v) is 2.65. The van der Waals surface area contributed by atoms with Crippen LogP contribution >= 0.6 is 0 Å². The molecule has 88 valence electrons. The second-order valence-electron chi connectivity index (χ2n) is 3.83. The number of benzene rings is 1. The van der Waals surface area contributed by atoms with Crippen molar-refractivity contribution in [3.63, 3.8) is 0 Å². The second-order valence-corrected chi connectivity index (χ2v) is 3.83. The van der Waals surface area contributed by atoms with Crippen LogP contribution in [0, 0.1) is 22.7 Å². The molecule has 1 N–H and O–H groups in total. The number of aryl methyl sites for hydroxylation is 1. The molecule has 5 heteroatoms. The molecule has 0 fully saturated rings. The minimum absolute atomic E-state index is 0.382. The van der Waals surface area contributed by atoms with E-state index in [-0.39, 0.29) is 0 Å². The summed E-state index contributed by atoms with van der Waals surface area (Å²) in [4.78, 5) is 4.02. The molecule has 0 saturated heterocycles. The Hall–Kier alpha value is -2.79. The van der Waals surface area contributed by atoms with Crippen molar-refractivity contribution in [3.05, 3.63) is 47.5 Å². The number of nitrogens with zero attached hydrogens (tertiary/aromatic N) is 4. The lowest BCUT2D eigenvalue weighted by atomic mass is 10.1. The van der Waals surface area contributed by atoms with E-state index in [0.29, 0.717) is 17.7 Å². The number of aromatic nitrogens is 2. The van der Waals surface area contributed by atoms with Gasteiger partial charge < -0.3 is 9.88 Å². The van der Waals surface area contributed by atoms with Crippen molar-refractivity contribution in [1.29, 1.82) is 10.5 Å². The quantitative estimate of drug-likeness (QED) is 0.882. The molecule has 0 atom stereocenters. The van der Waals surface area contributed by atoms with Crippen LogP contribution in [0.4, 0.5) is 5.69 Å². The molecular weight excluding hydrogens is 226 g/mol. The number of hydrogen-bond acceptors (Lipinski definition) is 4. The molecule has 2 rings (SSSR count). The van der Waals surface area contributed by atoms with E-state index < -0.39 is 0 Å². The van der Waals surface area contributed by atoms with Gasteiger partial charge in [0, 0.05) is 18.9 Å². The van der Waals surface area contributed by atoms with E-state index in [1.165, 1.54) is 0 Å². The minimum Gasteiger partial charge on any atom is -0.379 e. The van der Waals surface area contributed by atoms with Crippen LogP contribution in [0.5, 0.6) is 0 Å². The van der Waals surface area contributed by atoms with E-state index >= 15 is 0 Å². The molecule has 0 aliphatic rings. The van der Waals surface area contributed by atoms with Crippen LogP contribution in [0.25, 0.3) is 0 Å². The van der Waals surface area contributed by atoms with Crippen molar-refractivity contribution in [3.8, 4) is 12.1 Å². The Bertz CT molecular complexity index is 642. The third-order valence-electron chi connectivity index (χ3n) is 2.65. The fraction of sp³-hybridized carbons (Fsp3) is 0.154. The topological polar surface area (TPSA) is 77.4 Å². The van der Waals surface area contributed by atoms with E-state index in [0.717, 1.165) is 11.4 Å². The zero-order valence-corrected chi connectivity index (χ0v) is 9.88. The van der Waals surface area contributed by atoms with Crippen LogP contribution in [0.1, 0.15) is 16.8 Å². The first-order chi connectivity index (χ1) is 8.74. The molecule has 0 saturated carbocycles. The van der Waals surface area contributed by atoms with Gasteiger partial charge in [0.05, 0.1) is 29.7 Å². The van der Waals surface area contributed by atoms with Gasteiger partial charge in [-0.3, -0.25) is 0 Å². The van der Waals surface area contributed by atoms with Gasteiger partial charge in [-0.1, -0.05) is 0 Å². The molecule has 1 aromatic heterocycles. The summed E-state index contributed by atoms with van der Waals surface area (Å²) in [6, 6.07) is 9.11. The van der Waals surface area contributed by atoms with Gasteiger partial charge in [0.15, 0.2) is 0 Å². The molecule has 18 heavy (non-hydrogen) atoms. The molecule has 0 bridgehead atoms. The number of imidazole rings is 1. The Morgan fingerprint density at radius 2 is 2.06 bits per heavy atom. The fourth-order valence-corrected chi connectivity index (χ4v) is 1.59. The summed E-state index contributed by atoms with van der Waals surface area (Å²) in [7, 11) is 1.92. The normalized spacial score (nSPS) is 9.50. The standard InChI is InChI=1S/C13H11N5/c1-18-9-16-7-13(18)8-17-12-3-2-10(5-14)11(4-12)6-15/h2-4,7,9,17H,8H2,1H3. The zero-order chi connectivity index (χ0) is 13.0. The summed E-state index contributed by atoms with van der Waals surface area (Å²) >= 11 is 0. The van der Waals surface area contributed by atoms with Gasteiger partial charge in [-0.15, -0.1) is 0 Å². The van der Waals surface area contributed by atoms with Crippen molar-refractivity contribution < 1.29 is 0 Å². The molecule has 0 radical (unpaired) electrons. The van der Waals surface area contributed by atoms with Gasteiger partial charge in [-0.25, -0.2) is 4.98 Å². The maximum absolute atomic E-state index is 8.93. The van der Waals surface area contributed by atoms with Crippen LogP contribution in [0.3, 0.4) is 0 Å². The van der Waals surface area contributed by atoms with Crippen molar-refractivity contribution in [2.75, 3.05) is 5.32 Å². The largest absolute Gasteiger partial charge is 0.379 e. The van der Waals surface area contributed by atoms with Gasteiger partial charge in [0.2, 0.25) is 0 Å². The van der Waals surface area contributed by atoms with E-state index in [1.807, 2.05) is 23.8 Å². The summed E-state index contributed by atoms with van der Waals surface area (Å²) in [6.07, 6.45) is 3.51. The Labute approximate surface area is 105 Å². The smallest absolute Gasteiger partial charge is 0.101 e. The van der Waals surface area contributed by atoms with E-state index in [2.05, 4.69) is 10.3 Å². The van der Waals surface area contributed by atoms with E-state index in [4.69, 9.17) is 10.5 Å². The molecule has 1 aromatic carbocycles. The molecule has 0 aliphatic heterocycles. The first-order valence-electron chi connectivity index (χ1n) is 5.38. The lowest BCUT2D eigenvalue weighted by Gasteiger charge is -2.07. The zero-order valence-electron chi connectivity index (χ0n) is 9.88. The molecule has 0 spiro atoms. The lowest BCUT2D eigenvalue weighted by molar-refractivity contribution is 0.837. The molecule has 5 nitrogen and oxygen atoms in total. The van der Waals surface area contributed by atoms with E-state index in [1.54, 1.807) is 30.7 Å². The molecule has 0 unspecified atom stereocenters. The first-order valence-corrected chi connectivity index (χ1v) is 5.38. The highest BCUT2D eigenvalue weighted by molar-refractivity contribution is 5.56. The molecular formula is C13H11N5. The van der Waals surface area contributed by atoms with Crippen molar-refractivity contribution in [2.45, 2.75) is 6.54 Å². The first kappa shape index (κ1) is 11.7. The Balaban J connectivity index is 2.14. The summed E-state index contributed by atoms with van der Waals surface area (Å²) in [5.41, 5.74) is 2.63. The van der Waals surface area contributed by atoms with Gasteiger partial charge in [-0.2, -0.15) is 10.5 Å². The lowest BCUT2D eigenvalue weighted by Crippen LogP contribution is -2.04.